The number of aromatic nitrogens is 1. The van der Waals surface area contributed by atoms with Gasteiger partial charge in [-0.2, -0.15) is 13.2 Å². The fraction of sp³-hybridized carbons (Fsp3) is 0.0833. The number of carbonyl (C=O) groups is 1. The highest BCUT2D eigenvalue weighted by Crippen LogP contribution is 2.39. The molecule has 1 heterocycles. The molecule has 1 N–H and O–H groups in total. The van der Waals surface area contributed by atoms with Gasteiger partial charge in [0.25, 0.3) is 5.91 Å². The van der Waals surface area contributed by atoms with Gasteiger partial charge in [-0.25, -0.2) is 4.98 Å². The first-order chi connectivity index (χ1) is 14.8. The maximum absolute atomic E-state index is 13.5. The summed E-state index contributed by atoms with van der Waals surface area (Å²) in [6.45, 7) is 1.84. The molecular formula is C24H17F3N2O2. The minimum Gasteiger partial charge on any atom is -0.431 e. The fourth-order valence-electron chi connectivity index (χ4n) is 3.15. The summed E-state index contributed by atoms with van der Waals surface area (Å²) >= 11 is 0. The van der Waals surface area contributed by atoms with Crippen LogP contribution in [0, 0.1) is 6.92 Å². The minimum atomic E-state index is -4.68. The van der Waals surface area contributed by atoms with E-state index in [1.54, 1.807) is 66.7 Å². The highest BCUT2D eigenvalue weighted by atomic mass is 19.4. The lowest BCUT2D eigenvalue weighted by Gasteiger charge is -2.08. The van der Waals surface area contributed by atoms with Gasteiger partial charge < -0.3 is 9.73 Å². The van der Waals surface area contributed by atoms with Crippen molar-refractivity contribution in [2.75, 3.05) is 5.32 Å². The molecule has 156 valence electrons. The molecule has 0 saturated carbocycles. The van der Waals surface area contributed by atoms with Crippen LogP contribution in [0.15, 0.2) is 83.3 Å². The molecule has 0 radical (unpaired) electrons. The summed E-state index contributed by atoms with van der Waals surface area (Å²) in [5.41, 5.74) is 2.29. The molecule has 0 saturated heterocycles. The summed E-state index contributed by atoms with van der Waals surface area (Å²) in [6.07, 6.45) is -4.68. The lowest BCUT2D eigenvalue weighted by atomic mass is 10.1. The Hall–Kier alpha value is -3.87. The van der Waals surface area contributed by atoms with Crippen LogP contribution in [-0.4, -0.2) is 10.9 Å². The number of aryl methyl sites for hydroxylation is 1. The van der Waals surface area contributed by atoms with Crippen LogP contribution >= 0.6 is 0 Å². The molecular weight excluding hydrogens is 405 g/mol. The Kier molecular flexibility index (Phi) is 5.33. The standard InChI is InChI=1S/C24H17F3N2O2/c1-15-7-5-6-10-19(15)22(30)28-18-13-11-17(12-14-18)23-29-20(16-8-3-2-4-9-16)21(31-23)24(25,26)27/h2-14H,1H3,(H,28,30). The van der Waals surface area contributed by atoms with Gasteiger partial charge in [0.15, 0.2) is 0 Å². The second-order valence-electron chi connectivity index (χ2n) is 6.91. The molecule has 31 heavy (non-hydrogen) atoms. The highest BCUT2D eigenvalue weighted by molar-refractivity contribution is 6.05. The Morgan fingerprint density at radius 1 is 0.871 bits per heavy atom. The first-order valence-electron chi connectivity index (χ1n) is 9.44. The average molecular weight is 422 g/mol. The van der Waals surface area contributed by atoms with Crippen molar-refractivity contribution in [1.82, 2.24) is 4.98 Å². The van der Waals surface area contributed by atoms with E-state index in [0.717, 1.165) is 5.56 Å². The van der Waals surface area contributed by atoms with Crippen LogP contribution in [0.1, 0.15) is 21.7 Å². The van der Waals surface area contributed by atoms with Gasteiger partial charge in [0.2, 0.25) is 11.7 Å². The first-order valence-corrected chi connectivity index (χ1v) is 9.44. The second kappa shape index (κ2) is 8.10. The first kappa shape index (κ1) is 20.4. The number of hydrogen-bond acceptors (Lipinski definition) is 3. The van der Waals surface area contributed by atoms with Gasteiger partial charge in [0.05, 0.1) is 0 Å². The number of rotatable bonds is 4. The highest BCUT2D eigenvalue weighted by Gasteiger charge is 2.40. The van der Waals surface area contributed by atoms with Crippen molar-refractivity contribution in [3.8, 4) is 22.7 Å². The van der Waals surface area contributed by atoms with Crippen LogP contribution in [0.5, 0.6) is 0 Å². The number of nitrogens with zero attached hydrogens (tertiary/aromatic N) is 1. The van der Waals surface area contributed by atoms with Crippen LogP contribution in [-0.2, 0) is 6.18 Å². The van der Waals surface area contributed by atoms with Crippen molar-refractivity contribution in [3.05, 3.63) is 95.7 Å². The summed E-state index contributed by atoms with van der Waals surface area (Å²) in [4.78, 5) is 16.5. The van der Waals surface area contributed by atoms with E-state index in [2.05, 4.69) is 10.3 Å². The molecule has 7 heteroatoms. The number of halogens is 3. The number of nitrogens with one attached hydrogen (secondary N) is 1. The number of carbonyl (C=O) groups excluding carboxylic acids is 1. The third-order valence-corrected chi connectivity index (χ3v) is 4.71. The summed E-state index contributed by atoms with van der Waals surface area (Å²) in [6, 6.07) is 21.5. The Bertz CT molecular complexity index is 1210. The molecule has 4 rings (SSSR count). The maximum Gasteiger partial charge on any atom is 0.451 e. The largest absolute Gasteiger partial charge is 0.451 e. The third-order valence-electron chi connectivity index (χ3n) is 4.71. The zero-order chi connectivity index (χ0) is 22.0. The minimum absolute atomic E-state index is 0.150. The van der Waals surface area contributed by atoms with Crippen LogP contribution in [0.25, 0.3) is 22.7 Å². The van der Waals surface area contributed by atoms with Crippen LogP contribution in [0.3, 0.4) is 0 Å². The van der Waals surface area contributed by atoms with E-state index in [4.69, 9.17) is 4.42 Å². The summed E-state index contributed by atoms with van der Waals surface area (Å²) < 4.78 is 45.6. The van der Waals surface area contributed by atoms with Gasteiger partial charge in [0, 0.05) is 22.4 Å². The molecule has 0 atom stereocenters. The molecule has 0 aliphatic rings. The third kappa shape index (κ3) is 4.35. The quantitative estimate of drug-likeness (QED) is 0.404. The Morgan fingerprint density at radius 3 is 2.16 bits per heavy atom. The van der Waals surface area contributed by atoms with Crippen LogP contribution < -0.4 is 5.32 Å². The van der Waals surface area contributed by atoms with Gasteiger partial charge in [-0.1, -0.05) is 48.5 Å². The predicted octanol–water partition coefficient (Wildman–Crippen LogP) is 6.59. The summed E-state index contributed by atoms with van der Waals surface area (Å²) in [7, 11) is 0. The monoisotopic (exact) mass is 422 g/mol. The van der Waals surface area contributed by atoms with Crippen molar-refractivity contribution >= 4 is 11.6 Å². The topological polar surface area (TPSA) is 55.1 Å². The number of benzene rings is 3. The number of oxazole rings is 1. The van der Waals surface area contributed by atoms with Crippen LogP contribution in [0.2, 0.25) is 0 Å². The maximum atomic E-state index is 13.5. The molecule has 0 fully saturated rings. The van der Waals surface area contributed by atoms with E-state index >= 15 is 0 Å². The smallest absolute Gasteiger partial charge is 0.431 e. The molecule has 0 aliphatic carbocycles. The SMILES string of the molecule is Cc1ccccc1C(=O)Nc1ccc(-c2nc(-c3ccccc3)c(C(F)(F)F)o2)cc1. The van der Waals surface area contributed by atoms with Gasteiger partial charge >= 0.3 is 6.18 Å². The van der Waals surface area contributed by atoms with Crippen molar-refractivity contribution in [2.24, 2.45) is 0 Å². The molecule has 0 unspecified atom stereocenters. The van der Waals surface area contributed by atoms with Gasteiger partial charge in [-0.05, 0) is 42.8 Å². The van der Waals surface area contributed by atoms with Crippen LogP contribution in [0.4, 0.5) is 18.9 Å². The van der Waals surface area contributed by atoms with Gasteiger partial charge in [-0.15, -0.1) is 0 Å². The molecule has 1 aromatic heterocycles. The summed E-state index contributed by atoms with van der Waals surface area (Å²) in [5.74, 6) is -1.57. The zero-order valence-electron chi connectivity index (χ0n) is 16.4. The van der Waals surface area contributed by atoms with E-state index in [-0.39, 0.29) is 17.5 Å². The molecule has 4 nitrogen and oxygen atoms in total. The van der Waals surface area contributed by atoms with Crippen molar-refractivity contribution in [3.63, 3.8) is 0 Å². The number of anilines is 1. The van der Waals surface area contributed by atoms with E-state index in [1.165, 1.54) is 0 Å². The summed E-state index contributed by atoms with van der Waals surface area (Å²) in [5, 5.41) is 2.77. The van der Waals surface area contributed by atoms with E-state index in [9.17, 15) is 18.0 Å². The Balaban J connectivity index is 1.62. The average Bonchev–Trinajstić information content (AvgIpc) is 3.21. The molecule has 3 aromatic carbocycles. The van der Waals surface area contributed by atoms with E-state index < -0.39 is 11.9 Å². The number of hydrogen-bond donors (Lipinski definition) is 1. The number of alkyl halides is 3. The second-order valence-corrected chi connectivity index (χ2v) is 6.91. The fourth-order valence-corrected chi connectivity index (χ4v) is 3.15. The predicted molar refractivity (Wildman–Crippen MR) is 112 cm³/mol. The molecule has 0 bridgehead atoms. The Labute approximate surface area is 176 Å². The molecule has 4 aromatic rings. The van der Waals surface area contributed by atoms with E-state index in [1.807, 2.05) is 19.1 Å². The molecule has 0 spiro atoms. The molecule has 1 amide bonds. The lowest BCUT2D eigenvalue weighted by Crippen LogP contribution is -2.13. The normalized spacial score (nSPS) is 11.4. The van der Waals surface area contributed by atoms with E-state index in [0.29, 0.717) is 22.4 Å². The van der Waals surface area contributed by atoms with Crippen molar-refractivity contribution < 1.29 is 22.4 Å². The van der Waals surface area contributed by atoms with Gasteiger partial charge in [0.1, 0.15) is 5.69 Å². The number of amides is 1. The molecule has 0 aliphatic heterocycles. The van der Waals surface area contributed by atoms with Crippen molar-refractivity contribution in [1.29, 1.82) is 0 Å². The zero-order valence-corrected chi connectivity index (χ0v) is 16.4. The lowest BCUT2D eigenvalue weighted by molar-refractivity contribution is -0.152. The Morgan fingerprint density at radius 2 is 1.52 bits per heavy atom. The van der Waals surface area contributed by atoms with Crippen molar-refractivity contribution in [2.45, 2.75) is 13.1 Å². The van der Waals surface area contributed by atoms with Gasteiger partial charge in [-0.3, -0.25) is 4.79 Å².